The first kappa shape index (κ1) is 100. The van der Waals surface area contributed by atoms with Crippen LogP contribution in [0.15, 0.2) is 296 Å². The highest BCUT2D eigenvalue weighted by molar-refractivity contribution is 9.10. The second kappa shape index (κ2) is 38.3. The molecule has 0 aromatic heterocycles. The molecule has 4 aliphatic rings. The molecule has 0 amide bonds. The number of fused-ring (bicyclic) bond motifs is 6. The van der Waals surface area contributed by atoms with Gasteiger partial charge in [0.25, 0.3) is 0 Å². The third-order valence-electron chi connectivity index (χ3n) is 30.7. The van der Waals surface area contributed by atoms with E-state index in [0.29, 0.717) is 5.92 Å². The standard InChI is InChI=1S/C67H77N.C35H48.C33H32BrN/c1-63(2,3)52-37-50(38-53(41-52)64(4,5)6)48-34-47(35-49(36-48)51-39-54(65(7,8)9)42-55(40-51)66(10,11)12)46-26-30-57(31-27-46)68(56-28-24-45(25-29-56)44-20-16-15-17-21-44)58-32-33-60-59-22-18-19-23-61(59)67(13,14)62(60)43-58;1-23-14-24(26-17-28(32(2,3)4)21-29(18-26)33(5,6)7)16-25(15-23)27-19-30(34(8,9)10)22-31(20-27)35(11,12)13;1-33(2)31-11-7-6-10-29(31)30-21-20-28(22-32(30)33)35(27-18-14-25(34)15-19-27)26-16-12-24(13-17-26)23-8-4-3-5-9-23/h18-19,22-44H,15-17,20-21H2,1-14H3;14-22H,1-13H3;6-7,10-23H,3-5,8-9H2,1-2H3. The molecule has 0 unspecified atom stereocenters. The van der Waals surface area contributed by atoms with Gasteiger partial charge in [0.1, 0.15) is 0 Å². The number of nitrogens with zero attached hydrogens (tertiary/aromatic N) is 2. The molecule has 3 heteroatoms. The number of anilines is 6. The molecule has 2 saturated carbocycles. The van der Waals surface area contributed by atoms with Gasteiger partial charge in [-0.15, -0.1) is 0 Å². The summed E-state index contributed by atoms with van der Waals surface area (Å²) in [6.07, 6.45) is 13.4. The molecular formula is C135H157BrN2. The zero-order chi connectivity index (χ0) is 99.1. The molecule has 0 radical (unpaired) electrons. The zero-order valence-electron chi connectivity index (χ0n) is 89.2. The molecule has 4 aliphatic carbocycles. The summed E-state index contributed by atoms with van der Waals surface area (Å²) in [5.74, 6) is 1.38. The molecule has 714 valence electrons. The highest BCUT2D eigenvalue weighted by Crippen LogP contribution is 2.55. The predicted molar refractivity (Wildman–Crippen MR) is 605 cm³/mol. The summed E-state index contributed by atoms with van der Waals surface area (Å²) >= 11 is 3.61. The van der Waals surface area contributed by atoms with Crippen molar-refractivity contribution in [3.63, 3.8) is 0 Å². The van der Waals surface area contributed by atoms with Crippen molar-refractivity contribution < 1.29 is 0 Å². The maximum Gasteiger partial charge on any atom is 0.0465 e. The lowest BCUT2D eigenvalue weighted by Gasteiger charge is -2.29. The molecule has 0 bridgehead atoms. The summed E-state index contributed by atoms with van der Waals surface area (Å²) in [4.78, 5) is 4.88. The number of rotatable bonds is 13. The quantitative estimate of drug-likeness (QED) is 0.114. The van der Waals surface area contributed by atoms with Gasteiger partial charge in [-0.25, -0.2) is 0 Å². The van der Waals surface area contributed by atoms with Crippen LogP contribution < -0.4 is 9.80 Å². The van der Waals surface area contributed by atoms with Crippen LogP contribution >= 0.6 is 15.9 Å². The molecule has 14 aromatic rings. The fourth-order valence-corrected chi connectivity index (χ4v) is 21.8. The average molecular weight is 1890 g/mol. The van der Waals surface area contributed by atoms with Crippen molar-refractivity contribution in [2.24, 2.45) is 0 Å². The van der Waals surface area contributed by atoms with E-state index < -0.39 is 0 Å². The number of hydrogen-bond donors (Lipinski definition) is 0. The summed E-state index contributed by atoms with van der Waals surface area (Å²) in [7, 11) is 0. The van der Waals surface area contributed by atoms with E-state index in [0.717, 1.165) is 16.1 Å². The smallest absolute Gasteiger partial charge is 0.0465 e. The minimum atomic E-state index is -0.0921. The molecule has 2 fully saturated rings. The summed E-state index contributed by atoms with van der Waals surface area (Å²) in [5, 5.41) is 0. The maximum absolute atomic E-state index is 3.61. The van der Waals surface area contributed by atoms with Gasteiger partial charge in [-0.05, 0) is 358 Å². The molecular weight excluding hydrogens is 1730 g/mol. The molecule has 0 atom stereocenters. The van der Waals surface area contributed by atoms with E-state index in [1.54, 1.807) is 0 Å². The van der Waals surface area contributed by atoms with Crippen LogP contribution in [0.2, 0.25) is 0 Å². The molecule has 18 rings (SSSR count). The zero-order valence-corrected chi connectivity index (χ0v) is 90.8. The van der Waals surface area contributed by atoms with E-state index in [9.17, 15) is 0 Å². The number of halogens is 1. The van der Waals surface area contributed by atoms with Crippen molar-refractivity contribution in [2.45, 2.75) is 331 Å². The van der Waals surface area contributed by atoms with Crippen molar-refractivity contribution in [3.05, 3.63) is 379 Å². The lowest BCUT2D eigenvalue weighted by Crippen LogP contribution is -2.16. The Morgan fingerprint density at radius 2 is 0.442 bits per heavy atom. The Hall–Kier alpha value is -10.8. The van der Waals surface area contributed by atoms with E-state index in [2.05, 4.69) is 518 Å². The Bertz CT molecular complexity index is 6430. The monoisotopic (exact) mass is 1890 g/mol. The van der Waals surface area contributed by atoms with E-state index in [4.69, 9.17) is 0 Å². The SMILES string of the molecule is CC(C)(C)c1cc(-c2cc(-c3ccc(N(c4ccc(C5CCCCC5)cc4)c4ccc5c(c4)C(C)(C)c4ccccc4-5)cc3)cc(-c3cc(C(C)(C)C)cc(C(C)(C)C)c3)c2)cc(C(C)(C)C)c1.CC1(C)c2ccccc2-c2ccc(N(c3ccc(Br)cc3)c3ccc(C4CCCCC4)cc3)cc21.Cc1cc(-c2cc(C(C)(C)C)cc(C(C)(C)C)c2)cc(-c2cc(C(C)(C)C)cc(C(C)(C)C)c2)c1. The first-order chi connectivity index (χ1) is 64.7. The summed E-state index contributed by atoms with van der Waals surface area (Å²) in [6, 6.07) is 112. The van der Waals surface area contributed by atoms with E-state index in [1.807, 2.05) is 0 Å². The molecule has 2 nitrogen and oxygen atoms in total. The second-order valence-electron chi connectivity index (χ2n) is 50.4. The van der Waals surface area contributed by atoms with E-state index in [-0.39, 0.29) is 54.1 Å². The van der Waals surface area contributed by atoms with E-state index in [1.165, 1.54) is 254 Å². The lowest BCUT2D eigenvalue weighted by molar-refractivity contribution is 0.443. The van der Waals surface area contributed by atoms with Gasteiger partial charge < -0.3 is 9.80 Å². The van der Waals surface area contributed by atoms with Crippen molar-refractivity contribution in [2.75, 3.05) is 9.80 Å². The first-order valence-electron chi connectivity index (χ1n) is 51.8. The summed E-state index contributed by atoms with van der Waals surface area (Å²) in [6.45, 7) is 67.5. The second-order valence-corrected chi connectivity index (χ2v) is 51.3. The molecule has 0 N–H and O–H groups in total. The topological polar surface area (TPSA) is 6.48 Å². The van der Waals surface area contributed by atoms with Gasteiger partial charge in [-0.1, -0.05) is 430 Å². The Morgan fingerprint density at radius 3 is 0.717 bits per heavy atom. The molecule has 138 heavy (non-hydrogen) atoms. The van der Waals surface area contributed by atoms with Crippen LogP contribution in [0, 0.1) is 6.92 Å². The van der Waals surface area contributed by atoms with Gasteiger partial charge >= 0.3 is 0 Å². The molecule has 0 saturated heterocycles. The summed E-state index contributed by atoms with van der Waals surface area (Å²) < 4.78 is 1.10. The number of hydrogen-bond acceptors (Lipinski definition) is 2. The first-order valence-corrected chi connectivity index (χ1v) is 52.6. The van der Waals surface area contributed by atoms with Crippen LogP contribution in [-0.4, -0.2) is 0 Å². The van der Waals surface area contributed by atoms with Crippen LogP contribution in [0.3, 0.4) is 0 Å². The molecule has 14 aromatic carbocycles. The van der Waals surface area contributed by atoms with Crippen LogP contribution in [0.4, 0.5) is 34.1 Å². The van der Waals surface area contributed by atoms with Crippen molar-refractivity contribution >= 4 is 50.1 Å². The third kappa shape index (κ3) is 21.8. The fourth-order valence-electron chi connectivity index (χ4n) is 21.5. The molecule has 0 aliphatic heterocycles. The Kier molecular flexibility index (Phi) is 27.8. The Morgan fingerprint density at radius 1 is 0.217 bits per heavy atom. The predicted octanol–water partition coefficient (Wildman–Crippen LogP) is 40.5. The minimum Gasteiger partial charge on any atom is -0.310 e. The van der Waals surface area contributed by atoms with E-state index >= 15 is 0 Å². The number of aryl methyl sites for hydroxylation is 1. The van der Waals surface area contributed by atoms with Gasteiger partial charge in [0.2, 0.25) is 0 Å². The van der Waals surface area contributed by atoms with Gasteiger partial charge in [-0.2, -0.15) is 0 Å². The summed E-state index contributed by atoms with van der Waals surface area (Å²) in [5.41, 5.74) is 46.5. The van der Waals surface area contributed by atoms with Gasteiger partial charge in [-0.3, -0.25) is 0 Å². The van der Waals surface area contributed by atoms with Crippen molar-refractivity contribution in [3.8, 4) is 77.9 Å². The lowest BCUT2D eigenvalue weighted by atomic mass is 9.78. The minimum absolute atomic E-state index is 0.00949. The van der Waals surface area contributed by atoms with Gasteiger partial charge in [0.15, 0.2) is 0 Å². The van der Waals surface area contributed by atoms with Gasteiger partial charge in [0, 0.05) is 49.4 Å². The molecule has 0 spiro atoms. The van der Waals surface area contributed by atoms with Crippen molar-refractivity contribution in [1.29, 1.82) is 0 Å². The highest BCUT2D eigenvalue weighted by atomic mass is 79.9. The average Bonchev–Trinajstić information content (AvgIpc) is 1.59. The highest BCUT2D eigenvalue weighted by Gasteiger charge is 2.39. The Balaban J connectivity index is 0.000000165. The van der Waals surface area contributed by atoms with Gasteiger partial charge in [0.05, 0.1) is 0 Å². The molecule has 0 heterocycles. The Labute approximate surface area is 841 Å². The number of benzene rings is 14. The fraction of sp³-hybridized carbons (Fsp3) is 0.378. The van der Waals surface area contributed by atoms with Crippen LogP contribution in [0.1, 0.15) is 353 Å². The van der Waals surface area contributed by atoms with Crippen LogP contribution in [0.5, 0.6) is 0 Å². The normalized spacial score (nSPS) is 15.1. The van der Waals surface area contributed by atoms with Crippen LogP contribution in [0.25, 0.3) is 77.9 Å². The maximum atomic E-state index is 3.61. The van der Waals surface area contributed by atoms with Crippen LogP contribution in [-0.2, 0) is 54.1 Å². The third-order valence-corrected chi connectivity index (χ3v) is 31.2. The van der Waals surface area contributed by atoms with Crippen molar-refractivity contribution in [1.82, 2.24) is 0 Å². The largest absolute Gasteiger partial charge is 0.310 e.